The molecule has 0 aromatic heterocycles. The molecule has 3 rings (SSSR count). The molecule has 0 aliphatic carbocycles. The van der Waals surface area contributed by atoms with Gasteiger partial charge in [0.05, 0.1) is 6.61 Å². The lowest BCUT2D eigenvalue weighted by Crippen LogP contribution is -2.27. The Morgan fingerprint density at radius 3 is 2.64 bits per heavy atom. The van der Waals surface area contributed by atoms with Crippen molar-refractivity contribution in [2.24, 2.45) is 0 Å². The third-order valence-electron chi connectivity index (χ3n) is 4.49. The summed E-state index contributed by atoms with van der Waals surface area (Å²) in [6, 6.07) is 17.0. The number of thioether (sulfide) groups is 1. The van der Waals surface area contributed by atoms with Crippen LogP contribution in [0.1, 0.15) is 35.7 Å². The normalized spacial score (nSPS) is 14.8. The molecule has 2 aromatic carbocycles. The van der Waals surface area contributed by atoms with Gasteiger partial charge in [0.2, 0.25) is 0 Å². The van der Waals surface area contributed by atoms with Gasteiger partial charge in [-0.1, -0.05) is 43.3 Å². The minimum Gasteiger partial charge on any atom is -0.496 e. The first-order valence-corrected chi connectivity index (χ1v) is 10.2. The highest BCUT2D eigenvalue weighted by Gasteiger charge is 2.19. The van der Waals surface area contributed by atoms with Crippen molar-refractivity contribution in [1.29, 1.82) is 0 Å². The zero-order valence-electron chi connectivity index (χ0n) is 16.0. The van der Waals surface area contributed by atoms with Crippen LogP contribution in [0.2, 0.25) is 0 Å². The molecule has 0 radical (unpaired) electrons. The Bertz CT molecular complexity index is 880. The number of amides is 2. The van der Waals surface area contributed by atoms with Gasteiger partial charge in [-0.15, -0.1) is 11.8 Å². The smallest absolute Gasteiger partial charge is 0.265 e. The molecule has 2 N–H and O–H groups in total. The highest BCUT2D eigenvalue weighted by atomic mass is 32.2. The predicted octanol–water partition coefficient (Wildman–Crippen LogP) is 4.15. The minimum absolute atomic E-state index is 0.162. The van der Waals surface area contributed by atoms with Gasteiger partial charge in [0.1, 0.15) is 10.7 Å². The molecule has 1 atom stereocenters. The summed E-state index contributed by atoms with van der Waals surface area (Å²) >= 11 is 1.48. The van der Waals surface area contributed by atoms with E-state index in [2.05, 4.69) is 29.7 Å². The molecular weight excluding hydrogens is 372 g/mol. The van der Waals surface area contributed by atoms with Crippen molar-refractivity contribution >= 4 is 29.3 Å². The first-order valence-electron chi connectivity index (χ1n) is 9.25. The van der Waals surface area contributed by atoms with Gasteiger partial charge in [0.25, 0.3) is 11.8 Å². The molecule has 0 spiro atoms. The highest BCUT2D eigenvalue weighted by molar-refractivity contribution is 8.04. The van der Waals surface area contributed by atoms with Gasteiger partial charge in [0.15, 0.2) is 0 Å². The molecule has 0 bridgehead atoms. The third kappa shape index (κ3) is 5.16. The molecule has 2 aromatic rings. The summed E-state index contributed by atoms with van der Waals surface area (Å²) < 4.78 is 5.44. The molecule has 0 unspecified atom stereocenters. The standard InChI is InChI=1S/C22H24N2O3S/c1-15(17-7-4-3-5-8-17)14-23-21(25)18-9-6-10-19(13-18)24-22(26)20-16(2)27-11-12-28-20/h3-10,13,15H,11-12,14H2,1-2H3,(H,23,25)(H,24,26)/t15-/m0/s1. The number of allylic oxidation sites excluding steroid dienone is 1. The zero-order chi connectivity index (χ0) is 19.9. The summed E-state index contributed by atoms with van der Waals surface area (Å²) in [5, 5.41) is 5.81. The number of anilines is 1. The first kappa shape index (κ1) is 20.0. The second-order valence-electron chi connectivity index (χ2n) is 6.64. The van der Waals surface area contributed by atoms with Crippen molar-refractivity contribution in [1.82, 2.24) is 5.32 Å². The number of hydrogen-bond donors (Lipinski definition) is 2. The van der Waals surface area contributed by atoms with Crippen molar-refractivity contribution < 1.29 is 14.3 Å². The lowest BCUT2D eigenvalue weighted by Gasteiger charge is -2.18. The number of hydrogen-bond acceptors (Lipinski definition) is 4. The summed E-state index contributed by atoms with van der Waals surface area (Å²) in [7, 11) is 0. The molecule has 1 heterocycles. The summed E-state index contributed by atoms with van der Waals surface area (Å²) in [5.41, 5.74) is 2.27. The highest BCUT2D eigenvalue weighted by Crippen LogP contribution is 2.26. The van der Waals surface area contributed by atoms with Crippen LogP contribution < -0.4 is 10.6 Å². The van der Waals surface area contributed by atoms with Crippen LogP contribution in [0.4, 0.5) is 5.69 Å². The fourth-order valence-electron chi connectivity index (χ4n) is 2.90. The fourth-order valence-corrected chi connectivity index (χ4v) is 3.72. The molecule has 6 heteroatoms. The Morgan fingerprint density at radius 2 is 1.89 bits per heavy atom. The third-order valence-corrected chi connectivity index (χ3v) is 5.63. The van der Waals surface area contributed by atoms with Gasteiger partial charge in [0, 0.05) is 23.5 Å². The summed E-state index contributed by atoms with van der Waals surface area (Å²) in [5.74, 6) is 1.23. The van der Waals surface area contributed by atoms with Crippen molar-refractivity contribution in [3.63, 3.8) is 0 Å². The molecule has 28 heavy (non-hydrogen) atoms. The van der Waals surface area contributed by atoms with E-state index in [4.69, 9.17) is 4.74 Å². The number of carbonyl (C=O) groups excluding carboxylic acids is 2. The van der Waals surface area contributed by atoms with Crippen LogP contribution in [-0.4, -0.2) is 30.7 Å². The molecular formula is C22H24N2O3S. The van der Waals surface area contributed by atoms with Crippen LogP contribution >= 0.6 is 11.8 Å². The van der Waals surface area contributed by atoms with E-state index in [1.54, 1.807) is 31.2 Å². The molecule has 1 aliphatic rings. The number of ether oxygens (including phenoxy) is 1. The van der Waals surface area contributed by atoms with Crippen LogP contribution in [-0.2, 0) is 9.53 Å². The lowest BCUT2D eigenvalue weighted by molar-refractivity contribution is -0.112. The van der Waals surface area contributed by atoms with E-state index >= 15 is 0 Å². The minimum atomic E-state index is -0.211. The Morgan fingerprint density at radius 1 is 1.11 bits per heavy atom. The molecule has 2 amide bonds. The average Bonchev–Trinajstić information content (AvgIpc) is 2.72. The second-order valence-corrected chi connectivity index (χ2v) is 7.74. The zero-order valence-corrected chi connectivity index (χ0v) is 16.8. The Kier molecular flexibility index (Phi) is 6.76. The average molecular weight is 397 g/mol. The fraction of sp³-hybridized carbons (Fsp3) is 0.273. The largest absolute Gasteiger partial charge is 0.496 e. The Labute approximate surface area is 169 Å². The quantitative estimate of drug-likeness (QED) is 0.770. The maximum Gasteiger partial charge on any atom is 0.265 e. The van der Waals surface area contributed by atoms with Crippen molar-refractivity contribution in [2.75, 3.05) is 24.2 Å². The molecule has 0 saturated carbocycles. The number of benzene rings is 2. The van der Waals surface area contributed by atoms with Crippen LogP contribution in [0.5, 0.6) is 0 Å². The van der Waals surface area contributed by atoms with Gasteiger partial charge in [-0.25, -0.2) is 0 Å². The van der Waals surface area contributed by atoms with Crippen LogP contribution in [0, 0.1) is 0 Å². The summed E-state index contributed by atoms with van der Waals surface area (Å²) in [6.45, 7) is 5.02. The van der Waals surface area contributed by atoms with Gasteiger partial charge in [-0.3, -0.25) is 9.59 Å². The topological polar surface area (TPSA) is 67.4 Å². The SMILES string of the molecule is CC1=C(C(=O)Nc2cccc(C(=O)NC[C@H](C)c3ccccc3)c2)SCCO1. The number of nitrogens with one attached hydrogen (secondary N) is 2. The molecule has 5 nitrogen and oxygen atoms in total. The Hall–Kier alpha value is -2.73. The molecule has 146 valence electrons. The van der Waals surface area contributed by atoms with Crippen LogP contribution in [0.3, 0.4) is 0 Å². The maximum atomic E-state index is 12.5. The van der Waals surface area contributed by atoms with Gasteiger partial charge >= 0.3 is 0 Å². The summed E-state index contributed by atoms with van der Waals surface area (Å²) in [4.78, 5) is 25.6. The maximum absolute atomic E-state index is 12.5. The molecule has 1 aliphatic heterocycles. The van der Waals surface area contributed by atoms with E-state index in [0.29, 0.717) is 35.1 Å². The Balaban J connectivity index is 1.61. The first-order chi connectivity index (χ1) is 13.5. The van der Waals surface area contributed by atoms with E-state index in [1.165, 1.54) is 17.3 Å². The summed E-state index contributed by atoms with van der Waals surface area (Å²) in [6.07, 6.45) is 0. The van der Waals surface area contributed by atoms with Gasteiger partial charge in [-0.2, -0.15) is 0 Å². The number of carbonyl (C=O) groups is 2. The van der Waals surface area contributed by atoms with Crippen molar-refractivity contribution in [2.45, 2.75) is 19.8 Å². The number of rotatable bonds is 6. The second kappa shape index (κ2) is 9.46. The van der Waals surface area contributed by atoms with E-state index in [0.717, 1.165) is 5.75 Å². The van der Waals surface area contributed by atoms with E-state index in [9.17, 15) is 9.59 Å². The van der Waals surface area contributed by atoms with Gasteiger partial charge in [-0.05, 0) is 36.6 Å². The van der Waals surface area contributed by atoms with Gasteiger partial charge < -0.3 is 15.4 Å². The van der Waals surface area contributed by atoms with E-state index < -0.39 is 0 Å². The monoisotopic (exact) mass is 396 g/mol. The van der Waals surface area contributed by atoms with E-state index in [1.807, 2.05) is 18.2 Å². The predicted molar refractivity (Wildman–Crippen MR) is 113 cm³/mol. The van der Waals surface area contributed by atoms with E-state index in [-0.39, 0.29) is 17.7 Å². The van der Waals surface area contributed by atoms with Crippen LogP contribution in [0.25, 0.3) is 0 Å². The van der Waals surface area contributed by atoms with Crippen LogP contribution in [0.15, 0.2) is 65.3 Å². The lowest BCUT2D eigenvalue weighted by atomic mass is 10.0. The molecule has 0 saturated heterocycles. The molecule has 0 fully saturated rings. The van der Waals surface area contributed by atoms with Crippen molar-refractivity contribution in [3.05, 3.63) is 76.4 Å². The van der Waals surface area contributed by atoms with Crippen molar-refractivity contribution in [3.8, 4) is 0 Å².